The van der Waals surface area contributed by atoms with Crippen molar-refractivity contribution in [2.24, 2.45) is 5.73 Å². The van der Waals surface area contributed by atoms with E-state index in [1.54, 1.807) is 30.3 Å². The van der Waals surface area contributed by atoms with Gasteiger partial charge < -0.3 is 20.7 Å². The number of carboxylic acids is 1. The van der Waals surface area contributed by atoms with Gasteiger partial charge in [-0.3, -0.25) is 9.69 Å². The molecule has 0 fully saturated rings. The van der Waals surface area contributed by atoms with Crippen LogP contribution in [0.5, 0.6) is 0 Å². The maximum atomic E-state index is 12.1. The Morgan fingerprint density at radius 3 is 2.30 bits per heavy atom. The van der Waals surface area contributed by atoms with E-state index in [9.17, 15) is 24.6 Å². The number of ketones is 1. The van der Waals surface area contributed by atoms with Gasteiger partial charge in [-0.15, -0.1) is 0 Å². The van der Waals surface area contributed by atoms with Crippen molar-refractivity contribution in [3.63, 3.8) is 0 Å². The average molecular weight is 324 g/mol. The summed E-state index contributed by atoms with van der Waals surface area (Å²) in [6.07, 6.45) is -1.13. The summed E-state index contributed by atoms with van der Waals surface area (Å²) < 4.78 is 4.98. The molecule has 1 unspecified atom stereocenters. The second-order valence-electron chi connectivity index (χ2n) is 4.91. The van der Waals surface area contributed by atoms with Gasteiger partial charge >= 0.3 is 17.8 Å². The summed E-state index contributed by atoms with van der Waals surface area (Å²) in [6.45, 7) is 2.25. The van der Waals surface area contributed by atoms with Crippen LogP contribution in [0, 0.1) is 0 Å². The van der Waals surface area contributed by atoms with E-state index in [4.69, 9.17) is 10.5 Å². The van der Waals surface area contributed by atoms with Crippen LogP contribution in [0.3, 0.4) is 0 Å². The van der Waals surface area contributed by atoms with Crippen LogP contribution in [-0.4, -0.2) is 51.3 Å². The molecule has 2 atom stereocenters. The lowest BCUT2D eigenvalue weighted by molar-refractivity contribution is -0.184. The number of nitrogens with zero attached hydrogens (tertiary/aromatic N) is 1. The number of aliphatic carboxylic acids is 1. The Labute approximate surface area is 133 Å². The highest BCUT2D eigenvalue weighted by Gasteiger charge is 2.53. The number of rotatable bonds is 7. The van der Waals surface area contributed by atoms with E-state index in [0.717, 1.165) is 0 Å². The van der Waals surface area contributed by atoms with Crippen LogP contribution in [0.1, 0.15) is 19.4 Å². The molecule has 0 bridgehead atoms. The minimum atomic E-state index is -3.07. The van der Waals surface area contributed by atoms with E-state index in [1.165, 1.54) is 13.8 Å². The van der Waals surface area contributed by atoms with Crippen LogP contribution in [0.25, 0.3) is 0 Å². The van der Waals surface area contributed by atoms with Gasteiger partial charge in [0, 0.05) is 6.54 Å². The molecule has 1 aromatic carbocycles. The Kier molecular flexibility index (Phi) is 6.23. The van der Waals surface area contributed by atoms with Crippen LogP contribution in [0.4, 0.5) is 4.79 Å². The van der Waals surface area contributed by atoms with Crippen LogP contribution in [0.2, 0.25) is 0 Å². The molecule has 8 heteroatoms. The minimum absolute atomic E-state index is 0.127. The van der Waals surface area contributed by atoms with Gasteiger partial charge in [0.2, 0.25) is 5.78 Å². The Morgan fingerprint density at radius 2 is 1.87 bits per heavy atom. The van der Waals surface area contributed by atoms with Gasteiger partial charge in [-0.25, -0.2) is 9.59 Å². The lowest BCUT2D eigenvalue weighted by atomic mass is 10.0. The summed E-state index contributed by atoms with van der Waals surface area (Å²) in [7, 11) is 0. The van der Waals surface area contributed by atoms with Crippen molar-refractivity contribution < 1.29 is 29.3 Å². The summed E-state index contributed by atoms with van der Waals surface area (Å²) in [5.74, 6) is -3.10. The van der Waals surface area contributed by atoms with E-state index < -0.39 is 29.6 Å². The highest BCUT2D eigenvalue weighted by Crippen LogP contribution is 2.18. The predicted octanol–water partition coefficient (Wildman–Crippen LogP) is 0.335. The summed E-state index contributed by atoms with van der Waals surface area (Å²) in [6, 6.07) is 7.42. The molecule has 1 rings (SSSR count). The third-order valence-electron chi connectivity index (χ3n) is 3.19. The molecule has 1 aromatic rings. The second-order valence-corrected chi connectivity index (χ2v) is 4.91. The number of carbonyl (C=O) groups excluding carboxylic acids is 2. The van der Waals surface area contributed by atoms with Gasteiger partial charge in [-0.2, -0.15) is 0 Å². The molecule has 0 aliphatic carbocycles. The average Bonchev–Trinajstić information content (AvgIpc) is 2.53. The maximum Gasteiger partial charge on any atom is 0.413 e. The number of carbonyl (C=O) groups is 3. The predicted molar refractivity (Wildman–Crippen MR) is 80.2 cm³/mol. The minimum Gasteiger partial charge on any atom is -0.477 e. The quantitative estimate of drug-likeness (QED) is 0.487. The maximum absolute atomic E-state index is 12.1. The first-order valence-corrected chi connectivity index (χ1v) is 6.99. The Balaban J connectivity index is 2.96. The van der Waals surface area contributed by atoms with Crippen LogP contribution in [0.15, 0.2) is 30.3 Å². The molecule has 0 aliphatic rings. The van der Waals surface area contributed by atoms with Crippen molar-refractivity contribution in [2.75, 3.05) is 6.54 Å². The summed E-state index contributed by atoms with van der Waals surface area (Å²) in [4.78, 5) is 35.9. The third-order valence-corrected chi connectivity index (χ3v) is 3.19. The number of likely N-dealkylation sites (N-methyl/N-ethyl adjacent to an activating group) is 1. The fourth-order valence-corrected chi connectivity index (χ4v) is 1.96. The molecule has 23 heavy (non-hydrogen) atoms. The molecule has 0 aliphatic heterocycles. The van der Waals surface area contributed by atoms with Crippen LogP contribution in [-0.2, 0) is 20.9 Å². The Hall–Kier alpha value is -2.45. The zero-order chi connectivity index (χ0) is 17.6. The molecular formula is C15H20N2O6. The van der Waals surface area contributed by atoms with E-state index in [2.05, 4.69) is 0 Å². The van der Waals surface area contributed by atoms with Gasteiger partial charge in [0.1, 0.15) is 6.61 Å². The van der Waals surface area contributed by atoms with Crippen molar-refractivity contribution in [2.45, 2.75) is 32.2 Å². The van der Waals surface area contributed by atoms with E-state index in [-0.39, 0.29) is 13.2 Å². The molecule has 1 amide bonds. The molecule has 0 aromatic heterocycles. The first-order chi connectivity index (χ1) is 10.7. The van der Waals surface area contributed by atoms with Gasteiger partial charge in [0.15, 0.2) is 0 Å². The van der Waals surface area contributed by atoms with Crippen molar-refractivity contribution >= 4 is 17.8 Å². The molecule has 0 saturated carbocycles. The molecule has 126 valence electrons. The topological polar surface area (TPSA) is 130 Å². The second kappa shape index (κ2) is 7.70. The first-order valence-electron chi connectivity index (χ1n) is 6.99. The van der Waals surface area contributed by atoms with E-state index >= 15 is 0 Å². The Bertz CT molecular complexity index is 575. The summed E-state index contributed by atoms with van der Waals surface area (Å²) >= 11 is 0. The lowest BCUT2D eigenvalue weighted by Crippen LogP contribution is -2.65. The van der Waals surface area contributed by atoms with Gasteiger partial charge in [-0.1, -0.05) is 30.3 Å². The van der Waals surface area contributed by atoms with Crippen molar-refractivity contribution in [1.82, 2.24) is 4.90 Å². The van der Waals surface area contributed by atoms with Crippen molar-refractivity contribution in [1.29, 1.82) is 0 Å². The number of nitrogens with two attached hydrogens (primary N) is 1. The van der Waals surface area contributed by atoms with Crippen LogP contribution < -0.4 is 5.73 Å². The van der Waals surface area contributed by atoms with Crippen LogP contribution >= 0.6 is 0 Å². The number of benzene rings is 1. The summed E-state index contributed by atoms with van der Waals surface area (Å²) in [5, 5.41) is 19.5. The zero-order valence-corrected chi connectivity index (χ0v) is 12.9. The molecule has 0 saturated heterocycles. The lowest BCUT2D eigenvalue weighted by Gasteiger charge is -2.34. The standard InChI is InChI=1S/C15H20N2O6/c1-3-17(15(22,13(19)20)12(18)10(2)16)14(21)23-9-11-7-5-4-6-8-11/h4-8,10,22H,3,9,16H2,1-2H3,(H,19,20)/t10-,15?/m0/s1. The summed E-state index contributed by atoms with van der Waals surface area (Å²) in [5.41, 5.74) is 2.97. The smallest absolute Gasteiger partial charge is 0.413 e. The molecule has 0 heterocycles. The SMILES string of the molecule is CCN(C(=O)OCc1ccccc1)C(O)(C(=O)O)C(=O)[C@H](C)N. The van der Waals surface area contributed by atoms with Gasteiger partial charge in [0.25, 0.3) is 0 Å². The van der Waals surface area contributed by atoms with Crippen molar-refractivity contribution in [3.8, 4) is 0 Å². The van der Waals surface area contributed by atoms with E-state index in [1.807, 2.05) is 0 Å². The monoisotopic (exact) mass is 324 g/mol. The molecule has 8 nitrogen and oxygen atoms in total. The number of carboxylic acid groups (broad SMARTS) is 1. The number of Topliss-reactive ketones (excluding diaryl/α,β-unsaturated/α-hetero) is 1. The third kappa shape index (κ3) is 4.05. The number of aliphatic hydroxyl groups is 1. The molecular weight excluding hydrogens is 304 g/mol. The zero-order valence-electron chi connectivity index (χ0n) is 12.9. The highest BCUT2D eigenvalue weighted by molar-refractivity contribution is 6.09. The molecule has 0 radical (unpaired) electrons. The fraction of sp³-hybridized carbons (Fsp3) is 0.400. The Morgan fingerprint density at radius 1 is 1.30 bits per heavy atom. The van der Waals surface area contributed by atoms with Gasteiger partial charge in [0.05, 0.1) is 6.04 Å². The number of hydrogen-bond acceptors (Lipinski definition) is 6. The van der Waals surface area contributed by atoms with Crippen molar-refractivity contribution in [3.05, 3.63) is 35.9 Å². The van der Waals surface area contributed by atoms with E-state index in [0.29, 0.717) is 10.5 Å². The molecule has 0 spiro atoms. The number of hydrogen-bond donors (Lipinski definition) is 3. The first kappa shape index (κ1) is 18.6. The normalized spacial score (nSPS) is 14.4. The largest absolute Gasteiger partial charge is 0.477 e. The van der Waals surface area contributed by atoms with Gasteiger partial charge in [-0.05, 0) is 19.4 Å². The fourth-order valence-electron chi connectivity index (χ4n) is 1.96. The number of ether oxygens (including phenoxy) is 1. The molecule has 4 N–H and O–H groups in total. The number of amides is 1. The highest BCUT2D eigenvalue weighted by atomic mass is 16.6.